The van der Waals surface area contributed by atoms with Crippen LogP contribution in [-0.4, -0.2) is 34.5 Å². The molecule has 0 aliphatic carbocycles. The maximum absolute atomic E-state index is 12.6. The average Bonchev–Trinajstić information content (AvgIpc) is 2.55. The quantitative estimate of drug-likeness (QED) is 0.869. The van der Waals surface area contributed by atoms with E-state index in [2.05, 4.69) is 18.7 Å². The fourth-order valence-electron chi connectivity index (χ4n) is 3.50. The van der Waals surface area contributed by atoms with Gasteiger partial charge in [-0.2, -0.15) is 0 Å². The number of likely N-dealkylation sites (tertiary alicyclic amines) is 1. The SMILES string of the molecule is CCCC1C(C)CCCN1C(=O)CCc1ccc(C(=O)O)cc1. The molecule has 126 valence electrons. The van der Waals surface area contributed by atoms with Crippen molar-refractivity contribution in [2.45, 2.75) is 58.4 Å². The molecule has 0 spiro atoms. The summed E-state index contributed by atoms with van der Waals surface area (Å²) in [4.78, 5) is 25.5. The number of rotatable bonds is 6. The van der Waals surface area contributed by atoms with E-state index < -0.39 is 5.97 Å². The second kappa shape index (κ2) is 8.14. The zero-order valence-corrected chi connectivity index (χ0v) is 14.1. The van der Waals surface area contributed by atoms with Gasteiger partial charge in [0.15, 0.2) is 0 Å². The lowest BCUT2D eigenvalue weighted by Gasteiger charge is -2.40. The molecule has 4 heteroatoms. The van der Waals surface area contributed by atoms with Crippen molar-refractivity contribution >= 4 is 11.9 Å². The number of aryl methyl sites for hydroxylation is 1. The standard InChI is InChI=1S/C19H27NO3/c1-3-5-17-14(2)6-4-13-20(17)18(21)12-9-15-7-10-16(11-8-15)19(22)23/h7-8,10-11,14,17H,3-6,9,12-13H2,1-2H3,(H,22,23). The van der Waals surface area contributed by atoms with Crippen molar-refractivity contribution < 1.29 is 14.7 Å². The van der Waals surface area contributed by atoms with Crippen molar-refractivity contribution in [3.8, 4) is 0 Å². The highest BCUT2D eigenvalue weighted by Gasteiger charge is 2.30. The topological polar surface area (TPSA) is 57.6 Å². The van der Waals surface area contributed by atoms with Gasteiger partial charge in [-0.25, -0.2) is 4.79 Å². The third kappa shape index (κ3) is 4.57. The van der Waals surface area contributed by atoms with Crippen LogP contribution in [0.2, 0.25) is 0 Å². The molecule has 1 fully saturated rings. The molecule has 1 aliphatic heterocycles. The van der Waals surface area contributed by atoms with Gasteiger partial charge in [0, 0.05) is 19.0 Å². The van der Waals surface area contributed by atoms with E-state index in [0.717, 1.165) is 31.4 Å². The van der Waals surface area contributed by atoms with E-state index in [9.17, 15) is 9.59 Å². The van der Waals surface area contributed by atoms with Gasteiger partial charge in [-0.05, 0) is 49.3 Å². The molecule has 0 radical (unpaired) electrons. The molecular weight excluding hydrogens is 290 g/mol. The number of carboxylic acids is 1. The summed E-state index contributed by atoms with van der Waals surface area (Å²) in [5, 5.41) is 8.91. The summed E-state index contributed by atoms with van der Waals surface area (Å²) >= 11 is 0. The highest BCUT2D eigenvalue weighted by molar-refractivity contribution is 5.87. The van der Waals surface area contributed by atoms with Crippen molar-refractivity contribution in [1.29, 1.82) is 0 Å². The first-order valence-electron chi connectivity index (χ1n) is 8.64. The maximum Gasteiger partial charge on any atom is 0.335 e. The molecule has 2 atom stereocenters. The molecule has 2 unspecified atom stereocenters. The Kier molecular flexibility index (Phi) is 6.20. The fraction of sp³-hybridized carbons (Fsp3) is 0.579. The molecule has 1 aromatic rings. The Morgan fingerprint density at radius 2 is 1.96 bits per heavy atom. The van der Waals surface area contributed by atoms with Gasteiger partial charge in [0.25, 0.3) is 0 Å². The average molecular weight is 317 g/mol. The summed E-state index contributed by atoms with van der Waals surface area (Å²) < 4.78 is 0. The largest absolute Gasteiger partial charge is 0.478 e. The summed E-state index contributed by atoms with van der Waals surface area (Å²) in [7, 11) is 0. The number of piperidine rings is 1. The summed E-state index contributed by atoms with van der Waals surface area (Å²) in [5.41, 5.74) is 1.30. The number of carboxylic acid groups (broad SMARTS) is 1. The molecule has 0 bridgehead atoms. The van der Waals surface area contributed by atoms with Crippen molar-refractivity contribution in [1.82, 2.24) is 4.90 Å². The normalized spacial score (nSPS) is 21.2. The molecule has 1 amide bonds. The number of carbonyl (C=O) groups is 2. The Labute approximate surface area is 138 Å². The van der Waals surface area contributed by atoms with Gasteiger partial charge in [0.2, 0.25) is 5.91 Å². The second-order valence-corrected chi connectivity index (χ2v) is 6.56. The van der Waals surface area contributed by atoms with Crippen LogP contribution in [0.4, 0.5) is 0 Å². The van der Waals surface area contributed by atoms with E-state index in [0.29, 0.717) is 24.8 Å². The highest BCUT2D eigenvalue weighted by atomic mass is 16.4. The Morgan fingerprint density at radius 1 is 1.26 bits per heavy atom. The van der Waals surface area contributed by atoms with Gasteiger partial charge >= 0.3 is 5.97 Å². The number of hydrogen-bond acceptors (Lipinski definition) is 2. The van der Waals surface area contributed by atoms with E-state index in [1.54, 1.807) is 24.3 Å². The highest BCUT2D eigenvalue weighted by Crippen LogP contribution is 2.27. The monoisotopic (exact) mass is 317 g/mol. The van der Waals surface area contributed by atoms with Crippen molar-refractivity contribution in [2.24, 2.45) is 5.92 Å². The van der Waals surface area contributed by atoms with Gasteiger partial charge in [-0.15, -0.1) is 0 Å². The van der Waals surface area contributed by atoms with Gasteiger partial charge in [0.1, 0.15) is 0 Å². The lowest BCUT2D eigenvalue weighted by molar-refractivity contribution is -0.136. The minimum atomic E-state index is -0.919. The number of nitrogens with zero attached hydrogens (tertiary/aromatic N) is 1. The lowest BCUT2D eigenvalue weighted by atomic mass is 9.87. The third-order valence-electron chi connectivity index (χ3n) is 4.85. The van der Waals surface area contributed by atoms with Gasteiger partial charge < -0.3 is 10.0 Å². The molecule has 0 saturated carbocycles. The first-order valence-corrected chi connectivity index (χ1v) is 8.64. The van der Waals surface area contributed by atoms with Crippen LogP contribution in [0.1, 0.15) is 61.9 Å². The smallest absolute Gasteiger partial charge is 0.335 e. The molecule has 0 aromatic heterocycles. The Morgan fingerprint density at radius 3 is 2.57 bits per heavy atom. The molecule has 1 saturated heterocycles. The first kappa shape index (κ1) is 17.5. The zero-order valence-electron chi connectivity index (χ0n) is 14.1. The van der Waals surface area contributed by atoms with Crippen LogP contribution in [0, 0.1) is 5.92 Å². The van der Waals surface area contributed by atoms with Crippen LogP contribution in [0.15, 0.2) is 24.3 Å². The summed E-state index contributed by atoms with van der Waals surface area (Å²) in [5.74, 6) is -0.0999. The van der Waals surface area contributed by atoms with E-state index in [1.807, 2.05) is 0 Å². The van der Waals surface area contributed by atoms with Gasteiger partial charge in [0.05, 0.1) is 5.56 Å². The predicted octanol–water partition coefficient (Wildman–Crippen LogP) is 3.74. The Balaban J connectivity index is 1.93. The summed E-state index contributed by atoms with van der Waals surface area (Å²) in [6, 6.07) is 7.20. The molecule has 4 nitrogen and oxygen atoms in total. The zero-order chi connectivity index (χ0) is 16.8. The fourth-order valence-corrected chi connectivity index (χ4v) is 3.50. The predicted molar refractivity (Wildman–Crippen MR) is 90.5 cm³/mol. The van der Waals surface area contributed by atoms with E-state index in [1.165, 1.54) is 6.42 Å². The number of amides is 1. The number of aromatic carboxylic acids is 1. The maximum atomic E-state index is 12.6. The number of hydrogen-bond donors (Lipinski definition) is 1. The lowest BCUT2D eigenvalue weighted by Crippen LogP contribution is -2.47. The third-order valence-corrected chi connectivity index (χ3v) is 4.85. The Bertz CT molecular complexity index is 538. The minimum absolute atomic E-state index is 0.234. The number of carbonyl (C=O) groups excluding carboxylic acids is 1. The number of benzene rings is 1. The molecule has 2 rings (SSSR count). The van der Waals surface area contributed by atoms with Crippen LogP contribution < -0.4 is 0 Å². The summed E-state index contributed by atoms with van der Waals surface area (Å²) in [6.07, 6.45) is 5.67. The van der Waals surface area contributed by atoms with Gasteiger partial charge in [-0.3, -0.25) is 4.79 Å². The van der Waals surface area contributed by atoms with Crippen molar-refractivity contribution in [3.63, 3.8) is 0 Å². The van der Waals surface area contributed by atoms with Crippen LogP contribution in [-0.2, 0) is 11.2 Å². The minimum Gasteiger partial charge on any atom is -0.478 e. The Hall–Kier alpha value is -1.84. The second-order valence-electron chi connectivity index (χ2n) is 6.56. The molecule has 1 heterocycles. The molecular formula is C19H27NO3. The van der Waals surface area contributed by atoms with Crippen LogP contribution in [0.5, 0.6) is 0 Å². The van der Waals surface area contributed by atoms with Gasteiger partial charge in [-0.1, -0.05) is 32.4 Å². The van der Waals surface area contributed by atoms with Crippen molar-refractivity contribution in [3.05, 3.63) is 35.4 Å². The van der Waals surface area contributed by atoms with Crippen LogP contribution in [0.3, 0.4) is 0 Å². The van der Waals surface area contributed by atoms with Crippen LogP contribution in [0.25, 0.3) is 0 Å². The van der Waals surface area contributed by atoms with E-state index in [-0.39, 0.29) is 11.5 Å². The van der Waals surface area contributed by atoms with E-state index in [4.69, 9.17) is 5.11 Å². The van der Waals surface area contributed by atoms with Crippen molar-refractivity contribution in [2.75, 3.05) is 6.54 Å². The first-order chi connectivity index (χ1) is 11.0. The summed E-state index contributed by atoms with van der Waals surface area (Å²) in [6.45, 7) is 5.31. The van der Waals surface area contributed by atoms with Crippen LogP contribution >= 0.6 is 0 Å². The molecule has 23 heavy (non-hydrogen) atoms. The molecule has 1 aromatic carbocycles. The van der Waals surface area contributed by atoms with E-state index >= 15 is 0 Å². The molecule has 1 N–H and O–H groups in total. The molecule has 1 aliphatic rings.